The standard InChI is InChI=1S/C6H7NS.C2H2/c7-5-3-1-2-4-6(5)8;1-2/h1-4,8H,7H2;1-2H. The number of terminal acetylenes is 1. The van der Waals surface area contributed by atoms with Crippen LogP contribution in [-0.4, -0.2) is 0 Å². The maximum atomic E-state index is 5.44. The second kappa shape index (κ2) is 4.78. The normalized spacial score (nSPS) is 7.50. The maximum absolute atomic E-state index is 5.44. The summed E-state index contributed by atoms with van der Waals surface area (Å²) in [5, 5.41) is 0. The molecular weight excluding hydrogens is 142 g/mol. The molecule has 0 saturated carbocycles. The summed E-state index contributed by atoms with van der Waals surface area (Å²) in [4.78, 5) is 0.840. The molecule has 0 aliphatic carbocycles. The van der Waals surface area contributed by atoms with Crippen molar-refractivity contribution in [1.82, 2.24) is 0 Å². The summed E-state index contributed by atoms with van der Waals surface area (Å²) in [6, 6.07) is 7.47. The van der Waals surface area contributed by atoms with Crippen molar-refractivity contribution in [3.8, 4) is 12.8 Å². The van der Waals surface area contributed by atoms with Crippen molar-refractivity contribution in [2.75, 3.05) is 5.73 Å². The molecule has 0 heterocycles. The zero-order valence-electron chi connectivity index (χ0n) is 5.49. The highest BCUT2D eigenvalue weighted by atomic mass is 32.1. The van der Waals surface area contributed by atoms with Crippen molar-refractivity contribution in [3.05, 3.63) is 24.3 Å². The van der Waals surface area contributed by atoms with E-state index >= 15 is 0 Å². The second-order valence-electron chi connectivity index (χ2n) is 1.56. The van der Waals surface area contributed by atoms with Gasteiger partial charge in [-0.15, -0.1) is 25.5 Å². The number of anilines is 1. The SMILES string of the molecule is C#C.Nc1ccccc1S. The Kier molecular flexibility index (Phi) is 4.26. The summed E-state index contributed by atoms with van der Waals surface area (Å²) >= 11 is 4.07. The third kappa shape index (κ3) is 2.47. The topological polar surface area (TPSA) is 26.0 Å². The van der Waals surface area contributed by atoms with E-state index in [0.717, 1.165) is 10.6 Å². The highest BCUT2D eigenvalue weighted by Crippen LogP contribution is 2.13. The van der Waals surface area contributed by atoms with Gasteiger partial charge in [0.15, 0.2) is 0 Å². The van der Waals surface area contributed by atoms with Crippen LogP contribution in [0.1, 0.15) is 0 Å². The number of hydrogen-bond donors (Lipinski definition) is 2. The van der Waals surface area contributed by atoms with Crippen molar-refractivity contribution in [2.24, 2.45) is 0 Å². The summed E-state index contributed by atoms with van der Waals surface area (Å²) < 4.78 is 0. The second-order valence-corrected chi connectivity index (χ2v) is 2.04. The summed E-state index contributed by atoms with van der Waals surface area (Å²) in [5.41, 5.74) is 6.18. The lowest BCUT2D eigenvalue weighted by Gasteiger charge is -1.92. The number of nitrogen functional groups attached to an aromatic ring is 1. The fourth-order valence-corrected chi connectivity index (χ4v) is 0.648. The number of hydrogen-bond acceptors (Lipinski definition) is 2. The Balaban J connectivity index is 0.000000371. The zero-order chi connectivity index (χ0) is 7.98. The molecule has 0 unspecified atom stereocenters. The fraction of sp³-hybridized carbons (Fsp3) is 0. The van der Waals surface area contributed by atoms with Crippen LogP contribution in [0.15, 0.2) is 29.2 Å². The molecule has 52 valence electrons. The Bertz CT molecular complexity index is 196. The minimum Gasteiger partial charge on any atom is -0.398 e. The van der Waals surface area contributed by atoms with Gasteiger partial charge in [0.1, 0.15) is 0 Å². The Morgan fingerprint density at radius 2 is 1.70 bits per heavy atom. The monoisotopic (exact) mass is 151 g/mol. The molecule has 1 rings (SSSR count). The Labute approximate surface area is 66.7 Å². The third-order valence-corrected chi connectivity index (χ3v) is 1.34. The molecule has 0 aliphatic rings. The van der Waals surface area contributed by atoms with Crippen molar-refractivity contribution in [2.45, 2.75) is 4.90 Å². The highest BCUT2D eigenvalue weighted by Gasteiger charge is 1.85. The van der Waals surface area contributed by atoms with Crippen molar-refractivity contribution >= 4 is 18.3 Å². The van der Waals surface area contributed by atoms with Gasteiger partial charge in [0, 0.05) is 10.6 Å². The summed E-state index contributed by atoms with van der Waals surface area (Å²) in [6.07, 6.45) is 8.00. The van der Waals surface area contributed by atoms with Crippen LogP contribution in [0.25, 0.3) is 0 Å². The average molecular weight is 151 g/mol. The van der Waals surface area contributed by atoms with E-state index in [0.29, 0.717) is 0 Å². The van der Waals surface area contributed by atoms with E-state index in [4.69, 9.17) is 5.73 Å². The van der Waals surface area contributed by atoms with Gasteiger partial charge in [-0.05, 0) is 12.1 Å². The van der Waals surface area contributed by atoms with Crippen LogP contribution < -0.4 is 5.73 Å². The molecule has 2 heteroatoms. The van der Waals surface area contributed by atoms with E-state index in [-0.39, 0.29) is 0 Å². The summed E-state index contributed by atoms with van der Waals surface area (Å²) in [7, 11) is 0. The third-order valence-electron chi connectivity index (χ3n) is 0.937. The molecule has 1 aromatic carbocycles. The van der Waals surface area contributed by atoms with Gasteiger partial charge in [-0.25, -0.2) is 0 Å². The van der Waals surface area contributed by atoms with Crippen LogP contribution in [0.3, 0.4) is 0 Å². The largest absolute Gasteiger partial charge is 0.398 e. The minimum atomic E-state index is 0.732. The van der Waals surface area contributed by atoms with Gasteiger partial charge in [-0.2, -0.15) is 0 Å². The summed E-state index contributed by atoms with van der Waals surface area (Å²) in [5.74, 6) is 0. The first-order valence-electron chi connectivity index (χ1n) is 2.67. The molecule has 0 aliphatic heterocycles. The van der Waals surface area contributed by atoms with Crippen LogP contribution >= 0.6 is 12.6 Å². The first-order chi connectivity index (χ1) is 4.80. The van der Waals surface area contributed by atoms with E-state index in [1.807, 2.05) is 24.3 Å². The molecule has 0 saturated heterocycles. The van der Waals surface area contributed by atoms with E-state index in [2.05, 4.69) is 25.5 Å². The lowest BCUT2D eigenvalue weighted by Crippen LogP contribution is -1.83. The number of thiol groups is 1. The van der Waals surface area contributed by atoms with Crippen LogP contribution in [0.2, 0.25) is 0 Å². The predicted octanol–water partition coefficient (Wildman–Crippen LogP) is 1.81. The number of benzene rings is 1. The molecule has 1 aromatic rings. The van der Waals surface area contributed by atoms with Crippen molar-refractivity contribution in [3.63, 3.8) is 0 Å². The Hall–Kier alpha value is -1.07. The first-order valence-corrected chi connectivity index (χ1v) is 3.12. The van der Waals surface area contributed by atoms with Gasteiger partial charge < -0.3 is 5.73 Å². The fourth-order valence-electron chi connectivity index (χ4n) is 0.488. The number of nitrogens with two attached hydrogens (primary N) is 1. The molecule has 0 atom stereocenters. The molecule has 10 heavy (non-hydrogen) atoms. The van der Waals surface area contributed by atoms with Crippen LogP contribution in [-0.2, 0) is 0 Å². The lowest BCUT2D eigenvalue weighted by molar-refractivity contribution is 1.48. The van der Waals surface area contributed by atoms with Gasteiger partial charge in [0.25, 0.3) is 0 Å². The molecule has 0 amide bonds. The predicted molar refractivity (Wildman–Crippen MR) is 48.0 cm³/mol. The Morgan fingerprint density at radius 1 is 1.20 bits per heavy atom. The van der Waals surface area contributed by atoms with Gasteiger partial charge in [-0.3, -0.25) is 0 Å². The number of rotatable bonds is 0. The van der Waals surface area contributed by atoms with E-state index < -0.39 is 0 Å². The maximum Gasteiger partial charge on any atom is 0.0449 e. The molecule has 2 N–H and O–H groups in total. The zero-order valence-corrected chi connectivity index (χ0v) is 6.38. The highest BCUT2D eigenvalue weighted by molar-refractivity contribution is 7.80. The van der Waals surface area contributed by atoms with Crippen LogP contribution in [0.4, 0.5) is 5.69 Å². The van der Waals surface area contributed by atoms with E-state index in [1.54, 1.807) is 0 Å². The molecule has 0 bridgehead atoms. The van der Waals surface area contributed by atoms with E-state index in [9.17, 15) is 0 Å². The molecule has 0 radical (unpaired) electrons. The molecule has 0 spiro atoms. The molecule has 0 aromatic heterocycles. The first kappa shape index (κ1) is 8.93. The number of para-hydroxylation sites is 1. The molecular formula is C8H9NS. The van der Waals surface area contributed by atoms with Crippen LogP contribution in [0, 0.1) is 12.8 Å². The Morgan fingerprint density at radius 3 is 2.00 bits per heavy atom. The lowest BCUT2D eigenvalue weighted by atomic mass is 10.3. The van der Waals surface area contributed by atoms with E-state index in [1.165, 1.54) is 0 Å². The smallest absolute Gasteiger partial charge is 0.0449 e. The van der Waals surface area contributed by atoms with Gasteiger partial charge in [0.2, 0.25) is 0 Å². The van der Waals surface area contributed by atoms with Gasteiger partial charge >= 0.3 is 0 Å². The van der Waals surface area contributed by atoms with Crippen molar-refractivity contribution in [1.29, 1.82) is 0 Å². The quantitative estimate of drug-likeness (QED) is 0.330. The van der Waals surface area contributed by atoms with Crippen LogP contribution in [0.5, 0.6) is 0 Å². The summed E-state index contributed by atoms with van der Waals surface area (Å²) in [6.45, 7) is 0. The van der Waals surface area contributed by atoms with Gasteiger partial charge in [-0.1, -0.05) is 12.1 Å². The molecule has 1 nitrogen and oxygen atoms in total. The minimum absolute atomic E-state index is 0.732. The van der Waals surface area contributed by atoms with Crippen molar-refractivity contribution < 1.29 is 0 Å². The van der Waals surface area contributed by atoms with Gasteiger partial charge in [0.05, 0.1) is 0 Å². The average Bonchev–Trinajstić information content (AvgIpc) is 2.00. The molecule has 0 fully saturated rings.